The number of aliphatic hydroxyl groups excluding tert-OH is 1. The van der Waals surface area contributed by atoms with Gasteiger partial charge >= 0.3 is 5.89 Å². The number of Topliss-reactive ketones (excluding diaryl/α,β-unsaturated/α-hetero) is 1. The van der Waals surface area contributed by atoms with Gasteiger partial charge in [0.05, 0.1) is 25.9 Å². The highest BCUT2D eigenvalue weighted by atomic mass is 79.9. The number of hydrogen-bond donors (Lipinski definition) is 2. The molecule has 3 aromatic carbocycles. The topological polar surface area (TPSA) is 66.8 Å². The van der Waals surface area contributed by atoms with E-state index in [1.807, 2.05) is 49.4 Å². The van der Waals surface area contributed by atoms with Gasteiger partial charge in [-0.05, 0) is 48.4 Å². The smallest absolute Gasteiger partial charge is 0.375 e. The molecule has 0 radical (unpaired) electrons. The molecule has 0 spiro atoms. The molecule has 0 unspecified atom stereocenters. The summed E-state index contributed by atoms with van der Waals surface area (Å²) in [6, 6.07) is 22.6. The summed E-state index contributed by atoms with van der Waals surface area (Å²) in [6.45, 7) is 8.29. The molecule has 1 aliphatic heterocycles. The lowest BCUT2D eigenvalue weighted by Gasteiger charge is -2.29. The highest BCUT2D eigenvalue weighted by Crippen LogP contribution is 2.50. The van der Waals surface area contributed by atoms with Crippen molar-refractivity contribution >= 4 is 57.2 Å². The molecule has 4 aromatic rings. The van der Waals surface area contributed by atoms with Crippen molar-refractivity contribution in [1.29, 1.82) is 0 Å². The number of aliphatic hydroxyl groups is 1. The van der Waals surface area contributed by atoms with Gasteiger partial charge in [0, 0.05) is 55.5 Å². The molecule has 2 heterocycles. The third kappa shape index (κ3) is 5.53. The van der Waals surface area contributed by atoms with E-state index in [2.05, 4.69) is 75.6 Å². The van der Waals surface area contributed by atoms with Crippen molar-refractivity contribution in [3.8, 4) is 0 Å². The van der Waals surface area contributed by atoms with E-state index in [-0.39, 0.29) is 24.4 Å². The van der Waals surface area contributed by atoms with Gasteiger partial charge in [0.25, 0.3) is 5.52 Å². The molecule has 1 aromatic heterocycles. The lowest BCUT2D eigenvalue weighted by atomic mass is 9.81. The first-order chi connectivity index (χ1) is 20.7. The number of anilines is 1. The number of carbonyl (C=O) groups is 1. The molecule has 0 atom stereocenters. The number of aryl methyl sites for hydroxylation is 1. The van der Waals surface area contributed by atoms with E-state index in [1.54, 1.807) is 0 Å². The molecule has 43 heavy (non-hydrogen) atoms. The second-order valence-corrected chi connectivity index (χ2v) is 12.8. The number of ether oxygens (including phenoxy) is 1. The van der Waals surface area contributed by atoms with E-state index in [4.69, 9.17) is 26.9 Å². The van der Waals surface area contributed by atoms with Crippen LogP contribution in [0.15, 0.2) is 103 Å². The fourth-order valence-corrected chi connectivity index (χ4v) is 6.58. The van der Waals surface area contributed by atoms with E-state index in [9.17, 15) is 4.79 Å². The minimum Gasteiger partial charge on any atom is -0.398 e. The number of oxazole rings is 1. The summed E-state index contributed by atoms with van der Waals surface area (Å²) in [5, 5.41) is 9.15. The average molecular weight is 659 g/mol. The van der Waals surface area contributed by atoms with Crippen LogP contribution < -0.4 is 9.47 Å². The Morgan fingerprint density at radius 1 is 1.07 bits per heavy atom. The van der Waals surface area contributed by atoms with Crippen molar-refractivity contribution in [3.05, 3.63) is 122 Å². The Hall–Kier alpha value is -3.43. The van der Waals surface area contributed by atoms with Crippen LogP contribution in [0, 0.1) is 6.92 Å². The lowest BCUT2D eigenvalue weighted by Crippen LogP contribution is -2.36. The number of halogens is 1. The molecule has 6 nitrogen and oxygen atoms in total. The van der Waals surface area contributed by atoms with Crippen LogP contribution >= 0.6 is 28.6 Å². The first-order valence-electron chi connectivity index (χ1n) is 14.3. The predicted molar refractivity (Wildman–Crippen MR) is 176 cm³/mol. The molecule has 1 N–H and O–H groups in total. The first kappa shape index (κ1) is 29.6. The first-order valence-corrected chi connectivity index (χ1v) is 15.6. The maximum Gasteiger partial charge on any atom is 0.375 e. The fraction of sp³-hybridized carbons (Fsp3) is 0.257. The van der Waals surface area contributed by atoms with E-state index in [0.29, 0.717) is 41.6 Å². The molecule has 0 saturated heterocycles. The van der Waals surface area contributed by atoms with Crippen LogP contribution in [-0.2, 0) is 21.5 Å². The van der Waals surface area contributed by atoms with Gasteiger partial charge in [0.15, 0.2) is 12.3 Å². The summed E-state index contributed by atoms with van der Waals surface area (Å²) in [6.07, 6.45) is 3.79. The molecule has 1 aliphatic carbocycles. The monoisotopic (exact) mass is 657 g/mol. The molecule has 8 heteroatoms. The van der Waals surface area contributed by atoms with Gasteiger partial charge in [-0.2, -0.15) is 4.57 Å². The van der Waals surface area contributed by atoms with Gasteiger partial charge in [-0.1, -0.05) is 66.2 Å². The molecule has 6 rings (SSSR count). The summed E-state index contributed by atoms with van der Waals surface area (Å²) in [4.78, 5) is 16.5. The van der Waals surface area contributed by atoms with Crippen molar-refractivity contribution in [1.82, 2.24) is 0 Å². The molecule has 0 fully saturated rings. The predicted octanol–water partition coefficient (Wildman–Crippen LogP) is 6.68. The van der Waals surface area contributed by atoms with Crippen LogP contribution in [-0.4, -0.2) is 37.3 Å². The summed E-state index contributed by atoms with van der Waals surface area (Å²) in [7, 11) is 0. The number of fused-ring (bicyclic) bond motifs is 2. The maximum absolute atomic E-state index is 13.7. The third-order valence-electron chi connectivity index (χ3n) is 8.17. The average Bonchev–Trinajstić information content (AvgIpc) is 3.42. The molecule has 2 aliphatic rings. The summed E-state index contributed by atoms with van der Waals surface area (Å²) in [5.74, 6) is 0.539. The molecule has 0 amide bonds. The Morgan fingerprint density at radius 2 is 1.86 bits per heavy atom. The van der Waals surface area contributed by atoms with E-state index in [0.717, 1.165) is 38.1 Å². The highest BCUT2D eigenvalue weighted by Gasteiger charge is 2.42. The van der Waals surface area contributed by atoms with Crippen molar-refractivity contribution < 1.29 is 23.6 Å². The zero-order valence-electron chi connectivity index (χ0n) is 24.4. The number of carbonyl (C=O) groups excluding carboxylic acids is 1. The minimum absolute atomic E-state index is 0.0204. The number of ketones is 1. The van der Waals surface area contributed by atoms with Crippen LogP contribution in [0.25, 0.3) is 17.2 Å². The highest BCUT2D eigenvalue weighted by molar-refractivity contribution is 9.10. The second kappa shape index (κ2) is 11.9. The number of nitrogens with zero attached hydrogens (tertiary/aromatic N) is 2. The van der Waals surface area contributed by atoms with Gasteiger partial charge in [-0.3, -0.25) is 4.79 Å². The van der Waals surface area contributed by atoms with Gasteiger partial charge < -0.3 is 19.2 Å². The fourth-order valence-electron chi connectivity index (χ4n) is 5.89. The Kier molecular flexibility index (Phi) is 8.22. The minimum atomic E-state index is -0.355. The van der Waals surface area contributed by atoms with Crippen LogP contribution in [0.2, 0.25) is 0 Å². The van der Waals surface area contributed by atoms with Crippen molar-refractivity contribution in [3.63, 3.8) is 0 Å². The standard InChI is InChI=1S/C35H33BrN2O4S/c1-22-9-11-29-30(17-22)42-32(38(29)21-23-7-5-4-6-8-23)20-26-33(40)25(34(26)43)19-31-35(2,3)27-18-24(36)10-12-28(27)37(31)13-15-41-16-14-39/h4-12,17-20,39H,13-16,21H2,1-3H3/p+1. The Labute approximate surface area is 265 Å². The number of benzene rings is 3. The van der Waals surface area contributed by atoms with Crippen molar-refractivity contribution in [2.75, 3.05) is 31.3 Å². The van der Waals surface area contributed by atoms with Crippen LogP contribution in [0.4, 0.5) is 5.69 Å². The third-order valence-corrected chi connectivity index (χ3v) is 9.14. The van der Waals surface area contributed by atoms with Gasteiger partial charge in [-0.25, -0.2) is 0 Å². The van der Waals surface area contributed by atoms with Crippen LogP contribution in [0.5, 0.6) is 0 Å². The quantitative estimate of drug-likeness (QED) is 0.0910. The lowest BCUT2D eigenvalue weighted by molar-refractivity contribution is -0.669. The van der Waals surface area contributed by atoms with E-state index >= 15 is 0 Å². The maximum atomic E-state index is 13.7. The molecular formula is C35H34BrN2O4S+. The summed E-state index contributed by atoms with van der Waals surface area (Å²) >= 11 is 8.45. The second-order valence-electron chi connectivity index (χ2n) is 11.4. The largest absolute Gasteiger partial charge is 0.398 e. The van der Waals surface area contributed by atoms with Crippen molar-refractivity contribution in [2.24, 2.45) is 0 Å². The zero-order valence-corrected chi connectivity index (χ0v) is 26.9. The number of allylic oxidation sites excluding steroid dienone is 4. The summed E-state index contributed by atoms with van der Waals surface area (Å²) in [5.41, 5.74) is 7.98. The van der Waals surface area contributed by atoms with Gasteiger partial charge in [0.2, 0.25) is 5.58 Å². The Bertz CT molecular complexity index is 1820. The van der Waals surface area contributed by atoms with Crippen LogP contribution in [0.1, 0.15) is 36.4 Å². The number of hydrogen-bond acceptors (Lipinski definition) is 6. The Morgan fingerprint density at radius 3 is 2.60 bits per heavy atom. The zero-order chi connectivity index (χ0) is 30.3. The van der Waals surface area contributed by atoms with E-state index < -0.39 is 0 Å². The van der Waals surface area contributed by atoms with Crippen LogP contribution in [0.3, 0.4) is 0 Å². The van der Waals surface area contributed by atoms with Crippen molar-refractivity contribution in [2.45, 2.75) is 32.7 Å². The summed E-state index contributed by atoms with van der Waals surface area (Å²) < 4.78 is 15.0. The molecule has 220 valence electrons. The number of thiol groups is 1. The Balaban J connectivity index is 1.39. The molecule has 0 bridgehead atoms. The number of rotatable bonds is 9. The molecule has 0 saturated carbocycles. The van der Waals surface area contributed by atoms with Gasteiger partial charge in [-0.15, -0.1) is 12.6 Å². The number of aromatic nitrogens is 1. The van der Waals surface area contributed by atoms with Gasteiger partial charge in [0.1, 0.15) is 0 Å². The van der Waals surface area contributed by atoms with E-state index in [1.165, 1.54) is 5.56 Å². The normalized spacial score (nSPS) is 17.8. The molecular weight excluding hydrogens is 624 g/mol. The SMILES string of the molecule is Cc1ccc2c(c1)oc(C=C1C(=O)C(C=C3N(CCOCCO)c4ccc(Br)cc4C3(C)C)=C1S)[n+]2Cc1ccccc1.